The fraction of sp³-hybridized carbons (Fsp3) is 0.333. The van der Waals surface area contributed by atoms with Crippen LogP contribution in [0.5, 0.6) is 0 Å². The van der Waals surface area contributed by atoms with E-state index in [9.17, 15) is 4.79 Å². The fourth-order valence-electron chi connectivity index (χ4n) is 2.95. The van der Waals surface area contributed by atoms with Crippen LogP contribution >= 0.6 is 0 Å². The number of aromatic nitrogens is 5. The van der Waals surface area contributed by atoms with Gasteiger partial charge in [-0.1, -0.05) is 42.0 Å². The average molecular weight is 393 g/mol. The van der Waals surface area contributed by atoms with Gasteiger partial charge in [-0.05, 0) is 37.3 Å². The first-order chi connectivity index (χ1) is 14.2. The van der Waals surface area contributed by atoms with Crippen molar-refractivity contribution < 1.29 is 4.79 Å². The van der Waals surface area contributed by atoms with Crippen molar-refractivity contribution in [3.8, 4) is 0 Å². The molecule has 0 atom stereocenters. The first-order valence-corrected chi connectivity index (χ1v) is 9.88. The number of aromatic amines is 1. The van der Waals surface area contributed by atoms with Crippen molar-refractivity contribution in [3.63, 3.8) is 0 Å². The number of nitrogen functional groups attached to an aromatic ring is 1. The molecule has 1 aromatic carbocycles. The van der Waals surface area contributed by atoms with Gasteiger partial charge in [-0.3, -0.25) is 9.48 Å². The Morgan fingerprint density at radius 2 is 2.00 bits per heavy atom. The summed E-state index contributed by atoms with van der Waals surface area (Å²) in [4.78, 5) is 18.9. The van der Waals surface area contributed by atoms with Crippen LogP contribution in [0.1, 0.15) is 36.2 Å². The van der Waals surface area contributed by atoms with Gasteiger partial charge in [0.25, 0.3) is 0 Å². The Labute approximate surface area is 170 Å². The van der Waals surface area contributed by atoms with Crippen molar-refractivity contribution in [2.24, 2.45) is 0 Å². The van der Waals surface area contributed by atoms with Gasteiger partial charge in [0.15, 0.2) is 5.95 Å². The fourth-order valence-corrected chi connectivity index (χ4v) is 2.95. The largest absolute Gasteiger partial charge is 0.369 e. The quantitative estimate of drug-likeness (QED) is 0.342. The van der Waals surface area contributed by atoms with E-state index in [0.717, 1.165) is 49.1 Å². The zero-order valence-corrected chi connectivity index (χ0v) is 16.4. The Morgan fingerprint density at radius 1 is 1.17 bits per heavy atom. The van der Waals surface area contributed by atoms with Crippen molar-refractivity contribution in [1.29, 1.82) is 0 Å². The van der Waals surface area contributed by atoms with E-state index in [2.05, 4.69) is 25.6 Å². The molecule has 0 saturated heterocycles. The molecule has 4 N–H and O–H groups in total. The lowest BCUT2D eigenvalue weighted by Gasteiger charge is -2.02. The minimum absolute atomic E-state index is 0.117. The van der Waals surface area contributed by atoms with Crippen LogP contribution in [0.3, 0.4) is 0 Å². The molecule has 0 unspecified atom stereocenters. The van der Waals surface area contributed by atoms with E-state index in [1.54, 1.807) is 23.0 Å². The first-order valence-electron chi connectivity index (χ1n) is 9.88. The molecular weight excluding hydrogens is 366 g/mol. The van der Waals surface area contributed by atoms with Crippen LogP contribution in [-0.4, -0.2) is 37.4 Å². The zero-order valence-electron chi connectivity index (χ0n) is 16.4. The number of anilines is 1. The second-order valence-corrected chi connectivity index (χ2v) is 6.86. The summed E-state index contributed by atoms with van der Waals surface area (Å²) in [5, 5.41) is 11.2. The Bertz CT molecular complexity index is 914. The first kappa shape index (κ1) is 20.3. The predicted molar refractivity (Wildman–Crippen MR) is 113 cm³/mol. The van der Waals surface area contributed by atoms with Gasteiger partial charge in [0.2, 0.25) is 5.91 Å². The van der Waals surface area contributed by atoms with E-state index in [-0.39, 0.29) is 5.91 Å². The van der Waals surface area contributed by atoms with Crippen LogP contribution in [0, 0.1) is 0 Å². The molecule has 0 saturated carbocycles. The number of unbranched alkanes of at least 4 members (excludes halogenated alkanes) is 2. The lowest BCUT2D eigenvalue weighted by Crippen LogP contribution is -2.25. The van der Waals surface area contributed by atoms with E-state index >= 15 is 0 Å². The van der Waals surface area contributed by atoms with E-state index in [0.29, 0.717) is 19.0 Å². The molecule has 0 aliphatic carbocycles. The molecule has 29 heavy (non-hydrogen) atoms. The number of hydrogen-bond donors (Lipinski definition) is 3. The molecule has 8 heteroatoms. The lowest BCUT2D eigenvalue weighted by molar-refractivity contribution is -0.116. The SMILES string of the molecule is Nc1ncc(CCCCCc2cn(CCNC(=O)/C=C/c3ccccc3)nn2)[nH]1. The minimum atomic E-state index is -0.117. The molecule has 3 rings (SSSR count). The average Bonchev–Trinajstić information content (AvgIpc) is 3.36. The summed E-state index contributed by atoms with van der Waals surface area (Å²) in [5.41, 5.74) is 8.62. The number of hydrogen-bond acceptors (Lipinski definition) is 5. The van der Waals surface area contributed by atoms with Gasteiger partial charge in [-0.15, -0.1) is 5.10 Å². The summed E-state index contributed by atoms with van der Waals surface area (Å²) >= 11 is 0. The number of carbonyl (C=O) groups excluding carboxylic acids is 1. The number of amides is 1. The Kier molecular flexibility index (Phi) is 7.56. The maximum atomic E-state index is 11.9. The van der Waals surface area contributed by atoms with Crippen molar-refractivity contribution in [2.45, 2.75) is 38.6 Å². The molecule has 1 amide bonds. The molecule has 0 aliphatic heterocycles. The molecule has 2 aromatic heterocycles. The number of nitrogens with two attached hydrogens (primary N) is 1. The summed E-state index contributed by atoms with van der Waals surface area (Å²) in [7, 11) is 0. The molecule has 0 bridgehead atoms. The molecule has 8 nitrogen and oxygen atoms in total. The predicted octanol–water partition coefficient (Wildman–Crippen LogP) is 2.37. The molecule has 2 heterocycles. The van der Waals surface area contributed by atoms with E-state index in [1.807, 2.05) is 36.5 Å². The van der Waals surface area contributed by atoms with Gasteiger partial charge in [0, 0.05) is 24.5 Å². The summed E-state index contributed by atoms with van der Waals surface area (Å²) in [6.45, 7) is 1.10. The molecule has 0 fully saturated rings. The number of imidazole rings is 1. The maximum absolute atomic E-state index is 11.9. The number of rotatable bonds is 11. The van der Waals surface area contributed by atoms with E-state index in [4.69, 9.17) is 5.73 Å². The van der Waals surface area contributed by atoms with Gasteiger partial charge in [0.05, 0.1) is 18.4 Å². The molecule has 3 aromatic rings. The topological polar surface area (TPSA) is 115 Å². The van der Waals surface area contributed by atoms with Gasteiger partial charge < -0.3 is 16.0 Å². The zero-order chi connectivity index (χ0) is 20.3. The van der Waals surface area contributed by atoms with E-state index in [1.165, 1.54) is 0 Å². The van der Waals surface area contributed by atoms with E-state index < -0.39 is 0 Å². The number of nitrogens with zero attached hydrogens (tertiary/aromatic N) is 4. The van der Waals surface area contributed by atoms with Gasteiger partial charge in [-0.25, -0.2) is 4.98 Å². The van der Waals surface area contributed by atoms with Crippen LogP contribution in [0.25, 0.3) is 6.08 Å². The van der Waals surface area contributed by atoms with Crippen LogP contribution in [-0.2, 0) is 24.2 Å². The summed E-state index contributed by atoms with van der Waals surface area (Å²) in [5.74, 6) is 0.355. The highest BCUT2D eigenvalue weighted by Crippen LogP contribution is 2.08. The maximum Gasteiger partial charge on any atom is 0.244 e. The summed E-state index contributed by atoms with van der Waals surface area (Å²) in [6, 6.07) is 9.73. The third kappa shape index (κ3) is 7.25. The second-order valence-electron chi connectivity index (χ2n) is 6.86. The molecular formula is C21H27N7O. The molecule has 152 valence electrons. The molecule has 0 radical (unpaired) electrons. The number of carbonyl (C=O) groups is 1. The number of benzene rings is 1. The van der Waals surface area contributed by atoms with Crippen LogP contribution in [0.2, 0.25) is 0 Å². The number of aryl methyl sites for hydroxylation is 2. The summed E-state index contributed by atoms with van der Waals surface area (Å²) < 4.78 is 1.77. The van der Waals surface area contributed by atoms with Crippen molar-refractivity contribution in [1.82, 2.24) is 30.3 Å². The highest BCUT2D eigenvalue weighted by atomic mass is 16.1. The van der Waals surface area contributed by atoms with Crippen molar-refractivity contribution >= 4 is 17.9 Å². The molecule has 0 aliphatic rings. The second kappa shape index (κ2) is 10.8. The van der Waals surface area contributed by atoms with Crippen molar-refractivity contribution in [3.05, 3.63) is 65.8 Å². The normalized spacial score (nSPS) is 11.2. The highest BCUT2D eigenvalue weighted by Gasteiger charge is 2.03. The van der Waals surface area contributed by atoms with Gasteiger partial charge in [0.1, 0.15) is 0 Å². The monoisotopic (exact) mass is 393 g/mol. The minimum Gasteiger partial charge on any atom is -0.369 e. The van der Waals surface area contributed by atoms with Crippen LogP contribution < -0.4 is 11.1 Å². The third-order valence-corrected chi connectivity index (χ3v) is 4.48. The summed E-state index contributed by atoms with van der Waals surface area (Å²) in [6.07, 6.45) is 12.2. The van der Waals surface area contributed by atoms with Crippen LogP contribution in [0.15, 0.2) is 48.8 Å². The lowest BCUT2D eigenvalue weighted by atomic mass is 10.1. The van der Waals surface area contributed by atoms with Gasteiger partial charge >= 0.3 is 0 Å². The Balaban J connectivity index is 1.28. The highest BCUT2D eigenvalue weighted by molar-refractivity contribution is 5.91. The Morgan fingerprint density at radius 3 is 2.79 bits per heavy atom. The molecule has 0 spiro atoms. The Hall–Kier alpha value is -3.42. The van der Waals surface area contributed by atoms with Crippen molar-refractivity contribution in [2.75, 3.05) is 12.3 Å². The standard InChI is InChI=1S/C21H27N7O/c22-21-24-15-18(25-21)9-5-2-6-10-19-16-28(27-26-19)14-13-23-20(29)12-11-17-7-3-1-4-8-17/h1,3-4,7-8,11-12,15-16H,2,5-6,9-10,13-14H2,(H,23,29)(H3,22,24,25)/b12-11+. The third-order valence-electron chi connectivity index (χ3n) is 4.48. The van der Waals surface area contributed by atoms with Gasteiger partial charge in [-0.2, -0.15) is 0 Å². The van der Waals surface area contributed by atoms with Crippen LogP contribution in [0.4, 0.5) is 5.95 Å². The number of nitrogens with one attached hydrogen (secondary N) is 2. The smallest absolute Gasteiger partial charge is 0.244 e. The number of H-pyrrole nitrogens is 1.